The molecule has 3 atom stereocenters. The second-order valence-corrected chi connectivity index (χ2v) is 4.57. The van der Waals surface area contributed by atoms with Crippen LogP contribution in [0.5, 0.6) is 0 Å². The molecule has 0 aliphatic heterocycles. The number of hydrogen-bond acceptors (Lipinski definition) is 4. The van der Waals surface area contributed by atoms with Crippen LogP contribution in [0.2, 0.25) is 0 Å². The summed E-state index contributed by atoms with van der Waals surface area (Å²) in [6.07, 6.45) is 10.3. The summed E-state index contributed by atoms with van der Waals surface area (Å²) < 4.78 is 5.15. The third-order valence-corrected chi connectivity index (χ3v) is 3.03. The average Bonchev–Trinajstić information content (AvgIpc) is 2.41. The molecule has 0 aromatic heterocycles. The van der Waals surface area contributed by atoms with Gasteiger partial charge >= 0.3 is 0 Å². The minimum Gasteiger partial charge on any atom is -0.387 e. The molecule has 19 heavy (non-hydrogen) atoms. The van der Waals surface area contributed by atoms with E-state index in [1.54, 1.807) is 18.2 Å². The summed E-state index contributed by atoms with van der Waals surface area (Å²) in [6, 6.07) is 0. The molecule has 0 radical (unpaired) electrons. The van der Waals surface area contributed by atoms with Crippen molar-refractivity contribution in [2.45, 2.75) is 44.0 Å². The van der Waals surface area contributed by atoms with E-state index in [1.807, 2.05) is 6.08 Å². The molecule has 4 heteroatoms. The molecule has 0 aromatic carbocycles. The van der Waals surface area contributed by atoms with Gasteiger partial charge in [0.15, 0.2) is 5.78 Å². The van der Waals surface area contributed by atoms with E-state index in [0.29, 0.717) is 6.42 Å². The van der Waals surface area contributed by atoms with Crippen LogP contribution in [0, 0.1) is 0 Å². The van der Waals surface area contributed by atoms with Gasteiger partial charge in [-0.2, -0.15) is 0 Å². The van der Waals surface area contributed by atoms with Crippen molar-refractivity contribution in [1.82, 2.24) is 0 Å². The standard InChI is InChI=1S/C15H22O4/c1-19-14-11-5-3-2-4-8-12(16)9-6-7-10-13(17)15(14)18/h5-7,9-11,13-15,17-18H,2-4,8H2,1H3/b9-6-,10-7+,11-5-/t13-,14?,15-/m0/s1. The summed E-state index contributed by atoms with van der Waals surface area (Å²) in [4.78, 5) is 11.4. The number of rotatable bonds is 1. The number of ether oxygens (including phenoxy) is 1. The lowest BCUT2D eigenvalue weighted by molar-refractivity contribution is -0.114. The lowest BCUT2D eigenvalue weighted by Crippen LogP contribution is -2.36. The molecule has 1 unspecified atom stereocenters. The van der Waals surface area contributed by atoms with Crippen molar-refractivity contribution < 1.29 is 19.7 Å². The summed E-state index contributed by atoms with van der Waals surface area (Å²) in [5, 5.41) is 19.7. The van der Waals surface area contributed by atoms with Gasteiger partial charge in [0.05, 0.1) is 0 Å². The molecular formula is C15H22O4. The van der Waals surface area contributed by atoms with Gasteiger partial charge in [-0.3, -0.25) is 4.79 Å². The topological polar surface area (TPSA) is 66.8 Å². The number of carbonyl (C=O) groups is 1. The van der Waals surface area contributed by atoms with Gasteiger partial charge in [-0.25, -0.2) is 0 Å². The van der Waals surface area contributed by atoms with Gasteiger partial charge in [0.2, 0.25) is 0 Å². The van der Waals surface area contributed by atoms with E-state index in [9.17, 15) is 15.0 Å². The van der Waals surface area contributed by atoms with Crippen molar-refractivity contribution in [1.29, 1.82) is 0 Å². The van der Waals surface area contributed by atoms with Crippen LogP contribution in [-0.2, 0) is 9.53 Å². The highest BCUT2D eigenvalue weighted by molar-refractivity contribution is 5.89. The van der Waals surface area contributed by atoms with Gasteiger partial charge in [0.1, 0.15) is 18.3 Å². The van der Waals surface area contributed by atoms with Crippen LogP contribution < -0.4 is 0 Å². The van der Waals surface area contributed by atoms with Crippen LogP contribution >= 0.6 is 0 Å². The monoisotopic (exact) mass is 266 g/mol. The van der Waals surface area contributed by atoms with Gasteiger partial charge in [0, 0.05) is 13.5 Å². The van der Waals surface area contributed by atoms with Gasteiger partial charge in [-0.05, 0) is 25.3 Å². The fraction of sp³-hybridized carbons (Fsp3) is 0.533. The molecule has 0 aromatic rings. The zero-order chi connectivity index (χ0) is 14.1. The highest BCUT2D eigenvalue weighted by Crippen LogP contribution is 2.10. The Morgan fingerprint density at radius 1 is 1.21 bits per heavy atom. The maximum Gasteiger partial charge on any atom is 0.155 e. The highest BCUT2D eigenvalue weighted by atomic mass is 16.5. The van der Waals surface area contributed by atoms with E-state index in [4.69, 9.17) is 4.74 Å². The fourth-order valence-corrected chi connectivity index (χ4v) is 1.86. The average molecular weight is 266 g/mol. The van der Waals surface area contributed by atoms with Crippen molar-refractivity contribution in [2.24, 2.45) is 0 Å². The van der Waals surface area contributed by atoms with Crippen molar-refractivity contribution in [3.05, 3.63) is 36.5 Å². The van der Waals surface area contributed by atoms with Crippen LogP contribution in [0.1, 0.15) is 25.7 Å². The summed E-state index contributed by atoms with van der Waals surface area (Å²) in [7, 11) is 1.50. The molecule has 0 amide bonds. The van der Waals surface area contributed by atoms with Crippen molar-refractivity contribution >= 4 is 5.78 Å². The van der Waals surface area contributed by atoms with Crippen LogP contribution in [0.4, 0.5) is 0 Å². The quantitative estimate of drug-likeness (QED) is 0.706. The fourth-order valence-electron chi connectivity index (χ4n) is 1.86. The molecular weight excluding hydrogens is 244 g/mol. The molecule has 4 nitrogen and oxygen atoms in total. The molecule has 0 fully saturated rings. The van der Waals surface area contributed by atoms with Gasteiger partial charge < -0.3 is 14.9 Å². The molecule has 106 valence electrons. The first-order valence-corrected chi connectivity index (χ1v) is 6.58. The molecule has 1 aliphatic carbocycles. The van der Waals surface area contributed by atoms with E-state index in [0.717, 1.165) is 19.3 Å². The van der Waals surface area contributed by atoms with Crippen LogP contribution in [0.15, 0.2) is 36.5 Å². The molecule has 1 aliphatic rings. The van der Waals surface area contributed by atoms with Crippen molar-refractivity contribution in [2.75, 3.05) is 7.11 Å². The predicted molar refractivity (Wildman–Crippen MR) is 73.7 cm³/mol. The number of carbonyl (C=O) groups excluding carboxylic acids is 1. The summed E-state index contributed by atoms with van der Waals surface area (Å²) in [6.45, 7) is 0. The largest absolute Gasteiger partial charge is 0.387 e. The third kappa shape index (κ3) is 5.96. The van der Waals surface area contributed by atoms with E-state index in [1.165, 1.54) is 19.3 Å². The first-order valence-electron chi connectivity index (χ1n) is 6.58. The zero-order valence-electron chi connectivity index (χ0n) is 11.2. The molecule has 0 saturated carbocycles. The van der Waals surface area contributed by atoms with E-state index in [-0.39, 0.29) is 5.78 Å². The Morgan fingerprint density at radius 2 is 2.00 bits per heavy atom. The Bertz CT molecular complexity index is 357. The smallest absolute Gasteiger partial charge is 0.155 e. The van der Waals surface area contributed by atoms with E-state index in [2.05, 4.69) is 0 Å². The van der Waals surface area contributed by atoms with Crippen LogP contribution in [0.3, 0.4) is 0 Å². The minimum absolute atomic E-state index is 0.0792. The summed E-state index contributed by atoms with van der Waals surface area (Å²) in [5.41, 5.74) is 0. The Morgan fingerprint density at radius 3 is 2.74 bits per heavy atom. The lowest BCUT2D eigenvalue weighted by Gasteiger charge is -2.21. The predicted octanol–water partition coefficient (Wildman–Crippen LogP) is 1.53. The molecule has 0 heterocycles. The molecule has 0 bridgehead atoms. The van der Waals surface area contributed by atoms with Gasteiger partial charge in [0.25, 0.3) is 0 Å². The number of methoxy groups -OCH3 is 1. The highest BCUT2D eigenvalue weighted by Gasteiger charge is 2.22. The van der Waals surface area contributed by atoms with E-state index >= 15 is 0 Å². The second kappa shape index (κ2) is 8.80. The third-order valence-electron chi connectivity index (χ3n) is 3.03. The molecule has 1 rings (SSSR count). The second-order valence-electron chi connectivity index (χ2n) is 4.57. The first kappa shape index (κ1) is 15.8. The summed E-state index contributed by atoms with van der Waals surface area (Å²) in [5.74, 6) is 0.0792. The Labute approximate surface area is 114 Å². The van der Waals surface area contributed by atoms with Gasteiger partial charge in [-0.1, -0.05) is 30.4 Å². The number of ketones is 1. The Hall–Kier alpha value is -1.23. The number of aliphatic hydroxyl groups is 2. The number of aliphatic hydroxyl groups excluding tert-OH is 2. The molecule has 0 spiro atoms. The number of allylic oxidation sites excluding steroid dienone is 4. The Balaban J connectivity index is 2.76. The molecule has 2 N–H and O–H groups in total. The van der Waals surface area contributed by atoms with Gasteiger partial charge in [-0.15, -0.1) is 0 Å². The van der Waals surface area contributed by atoms with Crippen molar-refractivity contribution in [3.63, 3.8) is 0 Å². The minimum atomic E-state index is -1.03. The first-order chi connectivity index (χ1) is 9.15. The van der Waals surface area contributed by atoms with Crippen LogP contribution in [0.25, 0.3) is 0 Å². The molecule has 0 saturated heterocycles. The maximum atomic E-state index is 11.4. The van der Waals surface area contributed by atoms with E-state index < -0.39 is 18.3 Å². The SMILES string of the molecule is COC1/C=C\CCCCC(=O)/C=C\C=C\[C@H](O)[C@@H]1O. The van der Waals surface area contributed by atoms with Crippen molar-refractivity contribution in [3.8, 4) is 0 Å². The maximum absolute atomic E-state index is 11.4. The lowest BCUT2D eigenvalue weighted by atomic mass is 10.0. The normalized spacial score (nSPS) is 35.3. The van der Waals surface area contributed by atoms with Crippen LogP contribution in [-0.4, -0.2) is 41.4 Å². The zero-order valence-corrected chi connectivity index (χ0v) is 11.2. The summed E-state index contributed by atoms with van der Waals surface area (Å²) >= 11 is 0. The Kier molecular flexibility index (Phi) is 7.33. The number of hydrogen-bond donors (Lipinski definition) is 2.